The van der Waals surface area contributed by atoms with E-state index in [0.29, 0.717) is 0 Å². The second kappa shape index (κ2) is 4.62. The Kier molecular flexibility index (Phi) is 3.21. The summed E-state index contributed by atoms with van der Waals surface area (Å²) in [5.41, 5.74) is 1.29. The molecule has 0 atom stereocenters. The van der Waals surface area contributed by atoms with Gasteiger partial charge in [0.25, 0.3) is 0 Å². The molecule has 3 heteroatoms. The molecule has 0 saturated carbocycles. The van der Waals surface area contributed by atoms with Gasteiger partial charge in [-0.3, -0.25) is 0 Å². The van der Waals surface area contributed by atoms with Gasteiger partial charge < -0.3 is 4.42 Å². The number of nitrogens with zero attached hydrogens (tertiary/aromatic N) is 1. The SMILES string of the molecule is Cc1cnc(CCc2ccccc2Br)o1. The normalized spacial score (nSPS) is 10.5. The van der Waals surface area contributed by atoms with E-state index in [9.17, 15) is 0 Å². The average molecular weight is 266 g/mol. The molecule has 15 heavy (non-hydrogen) atoms. The van der Waals surface area contributed by atoms with Gasteiger partial charge >= 0.3 is 0 Å². The molecule has 0 amide bonds. The van der Waals surface area contributed by atoms with E-state index in [1.165, 1.54) is 5.56 Å². The van der Waals surface area contributed by atoms with E-state index in [2.05, 4.69) is 33.0 Å². The minimum atomic E-state index is 0.809. The van der Waals surface area contributed by atoms with Crippen molar-refractivity contribution in [3.05, 3.63) is 52.1 Å². The fraction of sp³-hybridized carbons (Fsp3) is 0.250. The number of hydrogen-bond acceptors (Lipinski definition) is 2. The second-order valence-electron chi connectivity index (χ2n) is 3.46. The van der Waals surface area contributed by atoms with Gasteiger partial charge in [-0.15, -0.1) is 0 Å². The maximum absolute atomic E-state index is 5.42. The number of halogens is 1. The molecule has 2 aromatic rings. The predicted octanol–water partition coefficient (Wildman–Crippen LogP) is 3.53. The Labute approximate surface area is 97.5 Å². The molecule has 0 N–H and O–H groups in total. The lowest BCUT2D eigenvalue weighted by Crippen LogP contribution is -1.92. The van der Waals surface area contributed by atoms with E-state index in [-0.39, 0.29) is 0 Å². The summed E-state index contributed by atoms with van der Waals surface area (Å²) in [5.74, 6) is 1.68. The van der Waals surface area contributed by atoms with Crippen LogP contribution in [-0.4, -0.2) is 4.98 Å². The molecule has 0 radical (unpaired) electrons. The predicted molar refractivity (Wildman–Crippen MR) is 62.8 cm³/mol. The summed E-state index contributed by atoms with van der Waals surface area (Å²) in [6.07, 6.45) is 3.55. The van der Waals surface area contributed by atoms with Crippen molar-refractivity contribution >= 4 is 15.9 Å². The molecule has 0 bridgehead atoms. The highest BCUT2D eigenvalue weighted by Crippen LogP contribution is 2.17. The highest BCUT2D eigenvalue weighted by molar-refractivity contribution is 9.10. The van der Waals surface area contributed by atoms with Crippen molar-refractivity contribution < 1.29 is 4.42 Å². The molecule has 0 aliphatic heterocycles. The van der Waals surface area contributed by atoms with Crippen LogP contribution in [0.15, 0.2) is 39.4 Å². The summed E-state index contributed by atoms with van der Waals surface area (Å²) < 4.78 is 6.57. The first kappa shape index (κ1) is 10.4. The minimum Gasteiger partial charge on any atom is -0.446 e. The maximum Gasteiger partial charge on any atom is 0.194 e. The van der Waals surface area contributed by atoms with Gasteiger partial charge in [-0.25, -0.2) is 4.98 Å². The lowest BCUT2D eigenvalue weighted by molar-refractivity contribution is 0.470. The van der Waals surface area contributed by atoms with Gasteiger partial charge in [0.2, 0.25) is 0 Å². The summed E-state index contributed by atoms with van der Waals surface area (Å²) >= 11 is 3.52. The molecule has 1 aromatic carbocycles. The quantitative estimate of drug-likeness (QED) is 0.849. The lowest BCUT2D eigenvalue weighted by atomic mass is 10.1. The van der Waals surface area contributed by atoms with E-state index in [1.54, 1.807) is 6.20 Å². The molecule has 0 unspecified atom stereocenters. The summed E-state index contributed by atoms with van der Waals surface area (Å²) in [6.45, 7) is 1.91. The van der Waals surface area contributed by atoms with Crippen LogP contribution in [-0.2, 0) is 12.8 Å². The minimum absolute atomic E-state index is 0.809. The highest BCUT2D eigenvalue weighted by Gasteiger charge is 2.03. The highest BCUT2D eigenvalue weighted by atomic mass is 79.9. The van der Waals surface area contributed by atoms with Gasteiger partial charge in [0.15, 0.2) is 5.89 Å². The average Bonchev–Trinajstić information content (AvgIpc) is 2.63. The Morgan fingerprint density at radius 1 is 1.27 bits per heavy atom. The summed E-state index contributed by atoms with van der Waals surface area (Å²) in [7, 11) is 0. The van der Waals surface area contributed by atoms with Crippen molar-refractivity contribution in [3.8, 4) is 0 Å². The second-order valence-corrected chi connectivity index (χ2v) is 4.31. The van der Waals surface area contributed by atoms with Crippen molar-refractivity contribution in [1.82, 2.24) is 4.98 Å². The first-order valence-corrected chi connectivity index (χ1v) is 5.70. The van der Waals surface area contributed by atoms with E-state index >= 15 is 0 Å². The van der Waals surface area contributed by atoms with Crippen LogP contribution in [0.5, 0.6) is 0 Å². The molecule has 0 aliphatic carbocycles. The monoisotopic (exact) mass is 265 g/mol. The fourth-order valence-corrected chi connectivity index (χ4v) is 1.94. The van der Waals surface area contributed by atoms with Gasteiger partial charge in [0.05, 0.1) is 6.20 Å². The van der Waals surface area contributed by atoms with Crippen molar-refractivity contribution in [1.29, 1.82) is 0 Å². The molecule has 0 saturated heterocycles. The number of aryl methyl sites for hydroxylation is 3. The molecular weight excluding hydrogens is 254 g/mol. The van der Waals surface area contributed by atoms with Crippen LogP contribution in [0.2, 0.25) is 0 Å². The molecule has 0 aliphatic rings. The summed E-state index contributed by atoms with van der Waals surface area (Å²) in [4.78, 5) is 4.18. The largest absolute Gasteiger partial charge is 0.446 e. The molecule has 2 rings (SSSR count). The van der Waals surface area contributed by atoms with Gasteiger partial charge in [0.1, 0.15) is 5.76 Å². The van der Waals surface area contributed by atoms with Gasteiger partial charge in [-0.05, 0) is 25.0 Å². The molecule has 1 aromatic heterocycles. The van der Waals surface area contributed by atoms with E-state index in [0.717, 1.165) is 29.0 Å². The Morgan fingerprint density at radius 3 is 2.73 bits per heavy atom. The van der Waals surface area contributed by atoms with Crippen LogP contribution >= 0.6 is 15.9 Å². The van der Waals surface area contributed by atoms with Crippen LogP contribution in [0.25, 0.3) is 0 Å². The molecule has 2 nitrogen and oxygen atoms in total. The zero-order valence-corrected chi connectivity index (χ0v) is 10.1. The Balaban J connectivity index is 2.02. The number of oxazole rings is 1. The zero-order chi connectivity index (χ0) is 10.7. The van der Waals surface area contributed by atoms with E-state index in [1.807, 2.05) is 19.1 Å². The van der Waals surface area contributed by atoms with Crippen molar-refractivity contribution in [2.45, 2.75) is 19.8 Å². The number of aromatic nitrogens is 1. The van der Waals surface area contributed by atoms with Crippen LogP contribution < -0.4 is 0 Å². The maximum atomic E-state index is 5.42. The summed E-state index contributed by atoms with van der Waals surface area (Å²) in [5, 5.41) is 0. The molecular formula is C12H12BrNO. The molecule has 0 spiro atoms. The molecule has 78 valence electrons. The van der Waals surface area contributed by atoms with Crippen molar-refractivity contribution in [2.75, 3.05) is 0 Å². The third-order valence-electron chi connectivity index (χ3n) is 2.24. The lowest BCUT2D eigenvalue weighted by Gasteiger charge is -2.01. The summed E-state index contributed by atoms with van der Waals surface area (Å²) in [6, 6.07) is 8.22. The third-order valence-corrected chi connectivity index (χ3v) is 3.01. The van der Waals surface area contributed by atoms with Gasteiger partial charge in [-0.1, -0.05) is 34.1 Å². The first-order chi connectivity index (χ1) is 7.25. The number of rotatable bonds is 3. The topological polar surface area (TPSA) is 26.0 Å². The standard InChI is InChI=1S/C12H12BrNO/c1-9-8-14-12(15-9)7-6-10-4-2-3-5-11(10)13/h2-5,8H,6-7H2,1H3. The molecule has 0 fully saturated rings. The first-order valence-electron chi connectivity index (χ1n) is 4.90. The van der Waals surface area contributed by atoms with Crippen molar-refractivity contribution in [3.63, 3.8) is 0 Å². The van der Waals surface area contributed by atoms with Gasteiger partial charge in [-0.2, -0.15) is 0 Å². The van der Waals surface area contributed by atoms with Crippen LogP contribution in [0, 0.1) is 6.92 Å². The smallest absolute Gasteiger partial charge is 0.194 e. The van der Waals surface area contributed by atoms with Crippen LogP contribution in [0.1, 0.15) is 17.2 Å². The Bertz CT molecular complexity index is 450. The number of benzene rings is 1. The van der Waals surface area contributed by atoms with Gasteiger partial charge in [0, 0.05) is 10.9 Å². The van der Waals surface area contributed by atoms with E-state index in [4.69, 9.17) is 4.42 Å². The molecule has 1 heterocycles. The van der Waals surface area contributed by atoms with Crippen molar-refractivity contribution in [2.24, 2.45) is 0 Å². The fourth-order valence-electron chi connectivity index (χ4n) is 1.46. The Hall–Kier alpha value is -1.09. The Morgan fingerprint density at radius 2 is 2.07 bits per heavy atom. The van der Waals surface area contributed by atoms with E-state index < -0.39 is 0 Å². The third kappa shape index (κ3) is 2.69. The van der Waals surface area contributed by atoms with Crippen LogP contribution in [0.3, 0.4) is 0 Å². The number of hydrogen-bond donors (Lipinski definition) is 0. The van der Waals surface area contributed by atoms with Crippen LogP contribution in [0.4, 0.5) is 0 Å². The zero-order valence-electron chi connectivity index (χ0n) is 8.53.